The van der Waals surface area contributed by atoms with Crippen LogP contribution in [0, 0.1) is 14.8 Å². The average Bonchev–Trinajstić information content (AvgIpc) is 3.02. The van der Waals surface area contributed by atoms with E-state index in [1.165, 1.54) is 18.2 Å². The molecule has 0 heterocycles. The smallest absolute Gasteiger partial charge is 0.319 e. The maximum atomic E-state index is 12.8. The van der Waals surface area contributed by atoms with Crippen molar-refractivity contribution < 1.29 is 19.1 Å². The van der Waals surface area contributed by atoms with Crippen molar-refractivity contribution in [3.8, 4) is 0 Å². The second-order valence-corrected chi connectivity index (χ2v) is 5.13. The van der Waals surface area contributed by atoms with Gasteiger partial charge in [0.25, 0.3) is 0 Å². The summed E-state index contributed by atoms with van der Waals surface area (Å²) in [5, 5.41) is 11.5. The predicted octanol–water partition coefficient (Wildman–Crippen LogP) is 2.23. The van der Waals surface area contributed by atoms with Gasteiger partial charge >= 0.3 is 5.97 Å². The highest BCUT2D eigenvalue weighted by molar-refractivity contribution is 14.1. The van der Waals surface area contributed by atoms with E-state index in [0.717, 1.165) is 0 Å². The molecule has 0 saturated heterocycles. The van der Waals surface area contributed by atoms with Crippen molar-refractivity contribution in [3.05, 3.63) is 27.6 Å². The van der Waals surface area contributed by atoms with Crippen molar-refractivity contribution in [1.82, 2.24) is 0 Å². The number of carbonyl (C=O) groups is 2. The monoisotopic (exact) mass is 349 g/mol. The van der Waals surface area contributed by atoms with Crippen LogP contribution in [0.1, 0.15) is 12.8 Å². The van der Waals surface area contributed by atoms with Gasteiger partial charge < -0.3 is 10.4 Å². The highest BCUT2D eigenvalue weighted by Crippen LogP contribution is 2.46. The highest BCUT2D eigenvalue weighted by atomic mass is 127. The first-order valence-electron chi connectivity index (χ1n) is 4.95. The van der Waals surface area contributed by atoms with Gasteiger partial charge in [-0.15, -0.1) is 0 Å². The van der Waals surface area contributed by atoms with Crippen LogP contribution in [0.2, 0.25) is 0 Å². The van der Waals surface area contributed by atoms with E-state index in [1.807, 2.05) is 22.6 Å². The summed E-state index contributed by atoms with van der Waals surface area (Å²) >= 11 is 1.88. The Kier molecular flexibility index (Phi) is 3.07. The van der Waals surface area contributed by atoms with Crippen LogP contribution >= 0.6 is 22.6 Å². The molecule has 1 amide bonds. The van der Waals surface area contributed by atoms with Crippen LogP contribution in [0.5, 0.6) is 0 Å². The van der Waals surface area contributed by atoms with E-state index in [0.29, 0.717) is 22.1 Å². The summed E-state index contributed by atoms with van der Waals surface area (Å²) in [4.78, 5) is 22.7. The third kappa shape index (κ3) is 2.26. The van der Waals surface area contributed by atoms with Gasteiger partial charge in [0.2, 0.25) is 5.91 Å². The molecule has 0 unspecified atom stereocenters. The van der Waals surface area contributed by atoms with E-state index < -0.39 is 23.1 Å². The number of carboxylic acids is 1. The largest absolute Gasteiger partial charge is 0.480 e. The fraction of sp³-hybridized carbons (Fsp3) is 0.273. The zero-order valence-corrected chi connectivity index (χ0v) is 10.8. The topological polar surface area (TPSA) is 66.4 Å². The second-order valence-electron chi connectivity index (χ2n) is 3.97. The number of hydrogen-bond donors (Lipinski definition) is 2. The number of carboxylic acid groups (broad SMARTS) is 1. The van der Waals surface area contributed by atoms with Gasteiger partial charge in [-0.2, -0.15) is 0 Å². The number of carbonyl (C=O) groups excluding carboxylic acids is 1. The molecule has 17 heavy (non-hydrogen) atoms. The van der Waals surface area contributed by atoms with Gasteiger partial charge in [-0.05, 0) is 53.6 Å². The van der Waals surface area contributed by atoms with Crippen LogP contribution in [-0.4, -0.2) is 17.0 Å². The number of aliphatic carboxylic acids is 1. The Morgan fingerprint density at radius 1 is 1.41 bits per heavy atom. The molecular formula is C11H9FINO3. The molecule has 0 bridgehead atoms. The molecule has 0 aliphatic heterocycles. The zero-order valence-electron chi connectivity index (χ0n) is 8.67. The van der Waals surface area contributed by atoms with Crippen LogP contribution in [-0.2, 0) is 9.59 Å². The maximum absolute atomic E-state index is 12.8. The first-order valence-corrected chi connectivity index (χ1v) is 6.03. The Hall–Kier alpha value is -1.18. The number of benzene rings is 1. The molecular weight excluding hydrogens is 340 g/mol. The minimum Gasteiger partial charge on any atom is -0.480 e. The summed E-state index contributed by atoms with van der Waals surface area (Å²) in [6.45, 7) is 0. The molecule has 0 spiro atoms. The molecule has 1 aliphatic rings. The number of anilines is 1. The van der Waals surface area contributed by atoms with Gasteiger partial charge in [0.15, 0.2) is 0 Å². The Morgan fingerprint density at radius 3 is 2.53 bits per heavy atom. The normalized spacial score (nSPS) is 16.4. The molecule has 1 aromatic carbocycles. The van der Waals surface area contributed by atoms with Gasteiger partial charge in [-0.3, -0.25) is 9.59 Å². The fourth-order valence-electron chi connectivity index (χ4n) is 1.50. The Labute approximate surface area is 110 Å². The van der Waals surface area contributed by atoms with Crippen LogP contribution in [0.3, 0.4) is 0 Å². The molecule has 4 nitrogen and oxygen atoms in total. The number of halogens is 2. The van der Waals surface area contributed by atoms with Gasteiger partial charge in [-0.1, -0.05) is 0 Å². The molecule has 1 aromatic rings. The molecule has 1 aliphatic carbocycles. The Balaban J connectivity index is 2.17. The van der Waals surface area contributed by atoms with Crippen molar-refractivity contribution in [2.45, 2.75) is 12.8 Å². The minimum atomic E-state index is -1.28. The first-order chi connectivity index (χ1) is 7.95. The van der Waals surface area contributed by atoms with Gasteiger partial charge in [0.1, 0.15) is 11.2 Å². The summed E-state index contributed by atoms with van der Waals surface area (Å²) in [6, 6.07) is 3.92. The molecule has 2 rings (SSSR count). The summed E-state index contributed by atoms with van der Waals surface area (Å²) in [5.74, 6) is -2.03. The van der Waals surface area contributed by atoms with Crippen molar-refractivity contribution >= 4 is 40.2 Å². The van der Waals surface area contributed by atoms with Crippen LogP contribution in [0.4, 0.5) is 10.1 Å². The van der Waals surface area contributed by atoms with Crippen molar-refractivity contribution in [3.63, 3.8) is 0 Å². The number of nitrogens with one attached hydrogen (secondary N) is 1. The van der Waals surface area contributed by atoms with E-state index >= 15 is 0 Å². The summed E-state index contributed by atoms with van der Waals surface area (Å²) in [6.07, 6.45) is 0.706. The number of hydrogen-bond acceptors (Lipinski definition) is 2. The molecule has 0 radical (unpaired) electrons. The molecule has 90 valence electrons. The number of rotatable bonds is 3. The van der Waals surface area contributed by atoms with Gasteiger partial charge in [0, 0.05) is 3.57 Å². The molecule has 6 heteroatoms. The second kappa shape index (κ2) is 4.25. The third-order valence-corrected chi connectivity index (χ3v) is 3.67. The van der Waals surface area contributed by atoms with Crippen LogP contribution in [0.25, 0.3) is 0 Å². The zero-order chi connectivity index (χ0) is 12.6. The molecule has 1 saturated carbocycles. The Bertz CT molecular complexity index is 499. The lowest BCUT2D eigenvalue weighted by molar-refractivity contribution is -0.147. The van der Waals surface area contributed by atoms with Gasteiger partial charge in [-0.25, -0.2) is 4.39 Å². The van der Waals surface area contributed by atoms with E-state index in [4.69, 9.17) is 5.11 Å². The quantitative estimate of drug-likeness (QED) is 0.650. The lowest BCUT2D eigenvalue weighted by Crippen LogP contribution is -2.31. The van der Waals surface area contributed by atoms with Crippen molar-refractivity contribution in [2.75, 3.05) is 5.32 Å². The standard InChI is InChI=1S/C11H9FINO3/c12-6-1-2-8(7(13)5-6)14-9(15)11(3-4-11)10(16)17/h1-2,5H,3-4H2,(H,14,15)(H,16,17). The average molecular weight is 349 g/mol. The highest BCUT2D eigenvalue weighted by Gasteiger charge is 2.57. The summed E-state index contributed by atoms with van der Waals surface area (Å²) in [7, 11) is 0. The molecule has 2 N–H and O–H groups in total. The maximum Gasteiger partial charge on any atom is 0.319 e. The predicted molar refractivity (Wildman–Crippen MR) is 67.0 cm³/mol. The molecule has 0 aromatic heterocycles. The van der Waals surface area contributed by atoms with Crippen molar-refractivity contribution in [1.29, 1.82) is 0 Å². The fourth-order valence-corrected chi connectivity index (χ4v) is 2.11. The van der Waals surface area contributed by atoms with Crippen molar-refractivity contribution in [2.24, 2.45) is 5.41 Å². The lowest BCUT2D eigenvalue weighted by Gasteiger charge is -2.11. The summed E-state index contributed by atoms with van der Waals surface area (Å²) in [5.41, 5.74) is -0.846. The summed E-state index contributed by atoms with van der Waals surface area (Å²) < 4.78 is 13.4. The third-order valence-electron chi connectivity index (χ3n) is 2.77. The van der Waals surface area contributed by atoms with Crippen LogP contribution in [0.15, 0.2) is 18.2 Å². The van der Waals surface area contributed by atoms with Crippen LogP contribution < -0.4 is 5.32 Å². The first kappa shape index (κ1) is 12.3. The van der Waals surface area contributed by atoms with Gasteiger partial charge in [0.05, 0.1) is 5.69 Å². The lowest BCUT2D eigenvalue weighted by atomic mass is 10.1. The number of amides is 1. The molecule has 0 atom stereocenters. The van der Waals surface area contributed by atoms with E-state index in [1.54, 1.807) is 0 Å². The van der Waals surface area contributed by atoms with E-state index in [-0.39, 0.29) is 0 Å². The Morgan fingerprint density at radius 2 is 2.06 bits per heavy atom. The minimum absolute atomic E-state index is 0.353. The SMILES string of the molecule is O=C(O)C1(C(=O)Nc2ccc(F)cc2I)CC1. The van der Waals surface area contributed by atoms with E-state index in [9.17, 15) is 14.0 Å². The molecule has 1 fully saturated rings. The van der Waals surface area contributed by atoms with E-state index in [2.05, 4.69) is 5.32 Å².